The Kier molecular flexibility index (Phi) is 9.43. The molecule has 1 saturated heterocycles. The third-order valence-electron chi connectivity index (χ3n) is 5.91. The number of hydrogen-bond donors (Lipinski definition) is 2. The van der Waals surface area contributed by atoms with Gasteiger partial charge in [-0.15, -0.1) is 11.8 Å². The van der Waals surface area contributed by atoms with Crippen molar-refractivity contribution in [3.05, 3.63) is 60.7 Å². The van der Waals surface area contributed by atoms with Gasteiger partial charge in [-0.1, -0.05) is 95.3 Å². The lowest BCUT2D eigenvalue weighted by Gasteiger charge is -2.45. The predicted molar refractivity (Wildman–Crippen MR) is 135 cm³/mol. The molecule has 1 aliphatic rings. The maximum absolute atomic E-state index is 10.6. The van der Waals surface area contributed by atoms with Crippen LogP contribution in [-0.4, -0.2) is 49.8 Å². The molecule has 34 heavy (non-hydrogen) atoms. The Morgan fingerprint density at radius 2 is 1.44 bits per heavy atom. The number of hydrogen-bond acceptors (Lipinski definition) is 4. The zero-order valence-electron chi connectivity index (χ0n) is 20.3. The number of carbonyl (C=O) groups is 1. The molecule has 0 amide bonds. The van der Waals surface area contributed by atoms with Gasteiger partial charge in [0.05, 0.1) is 0 Å². The first-order valence-corrected chi connectivity index (χ1v) is 14.0. The number of aliphatic carboxylic acids is 1. The summed E-state index contributed by atoms with van der Waals surface area (Å²) in [5.41, 5.74) is 0.126. The molecule has 0 radical (unpaired) electrons. The van der Waals surface area contributed by atoms with Gasteiger partial charge < -0.3 is 14.8 Å². The molecule has 0 aromatic heterocycles. The van der Waals surface area contributed by atoms with E-state index in [1.165, 1.54) is 10.4 Å². The van der Waals surface area contributed by atoms with E-state index in [0.29, 0.717) is 5.25 Å². The summed E-state index contributed by atoms with van der Waals surface area (Å²) in [5, 5.41) is 14.0. The number of nitrogens with one attached hydrogen (secondary N) is 1. The van der Waals surface area contributed by atoms with Gasteiger partial charge in [-0.05, 0) is 20.8 Å². The number of carboxylic acid groups (broad SMARTS) is 1. The summed E-state index contributed by atoms with van der Waals surface area (Å²) >= 11 is 2.02. The Morgan fingerprint density at radius 1 is 1.00 bits per heavy atom. The lowest BCUT2D eigenvalue weighted by atomic mass is 9.90. The van der Waals surface area contributed by atoms with E-state index in [4.69, 9.17) is 14.3 Å². The van der Waals surface area contributed by atoms with Crippen LogP contribution in [0.5, 0.6) is 0 Å². The third-order valence-corrected chi connectivity index (χ3v) is 12.5. The van der Waals surface area contributed by atoms with Gasteiger partial charge in [0, 0.05) is 24.3 Å². The van der Waals surface area contributed by atoms with Crippen molar-refractivity contribution in [1.29, 1.82) is 0 Å². The first-order chi connectivity index (χ1) is 15.7. The van der Waals surface area contributed by atoms with E-state index in [1.807, 2.05) is 11.8 Å². The van der Waals surface area contributed by atoms with Crippen molar-refractivity contribution in [3.63, 3.8) is 0 Å². The molecule has 188 valence electrons. The normalized spacial score (nSPS) is 17.1. The minimum atomic E-state index is -5.08. The maximum atomic E-state index is 10.6. The highest BCUT2D eigenvalue weighted by Crippen LogP contribution is 2.40. The monoisotopic (exact) mass is 513 g/mol. The van der Waals surface area contributed by atoms with E-state index in [0.717, 1.165) is 19.0 Å². The number of thioether (sulfide) groups is 1. The van der Waals surface area contributed by atoms with Crippen LogP contribution in [0.3, 0.4) is 0 Å². The summed E-state index contributed by atoms with van der Waals surface area (Å²) in [5.74, 6) is -1.71. The van der Waals surface area contributed by atoms with Gasteiger partial charge in [0.1, 0.15) is 0 Å². The minimum Gasteiger partial charge on any atom is -0.475 e. The van der Waals surface area contributed by atoms with Crippen molar-refractivity contribution in [2.75, 3.05) is 19.0 Å². The van der Waals surface area contributed by atoms with Gasteiger partial charge in [0.25, 0.3) is 8.32 Å². The van der Waals surface area contributed by atoms with Crippen LogP contribution >= 0.6 is 11.8 Å². The Balaban J connectivity index is 0.000000509. The van der Waals surface area contributed by atoms with Gasteiger partial charge in [-0.3, -0.25) is 0 Å². The van der Waals surface area contributed by atoms with Crippen LogP contribution in [0.4, 0.5) is 13.2 Å². The standard InChI is InChI=1S/C23H33NOSSi.C2HF3O2/c1-22(2,3)27(19-12-8-6-9-13-19,20-14-10-7-11-15-20)25-17-23(4,5)21-16-24-18-26-21;3-2(4,5)1(6)7/h6-15,21,24H,16-18H2,1-5H3;(H,6,7). The Morgan fingerprint density at radius 3 is 1.76 bits per heavy atom. The highest BCUT2D eigenvalue weighted by molar-refractivity contribution is 8.00. The molecule has 1 fully saturated rings. The highest BCUT2D eigenvalue weighted by atomic mass is 32.2. The number of carboxylic acids is 1. The van der Waals surface area contributed by atoms with E-state index in [-0.39, 0.29) is 10.5 Å². The van der Waals surface area contributed by atoms with E-state index < -0.39 is 20.5 Å². The van der Waals surface area contributed by atoms with E-state index in [9.17, 15) is 13.2 Å². The van der Waals surface area contributed by atoms with Gasteiger partial charge in [-0.2, -0.15) is 13.2 Å². The molecule has 4 nitrogen and oxygen atoms in total. The SMILES string of the molecule is CC(C)(CO[Si](c1ccccc1)(c1ccccc1)C(C)(C)C)C1CNCS1.O=C(O)C(F)(F)F. The van der Waals surface area contributed by atoms with Crippen LogP contribution in [0.15, 0.2) is 60.7 Å². The minimum absolute atomic E-state index is 0.0346. The summed E-state index contributed by atoms with van der Waals surface area (Å²) in [6, 6.07) is 21.9. The zero-order chi connectivity index (χ0) is 25.6. The second kappa shape index (κ2) is 11.3. The van der Waals surface area contributed by atoms with Crippen molar-refractivity contribution in [2.24, 2.45) is 5.41 Å². The van der Waals surface area contributed by atoms with Crippen molar-refractivity contribution >= 4 is 36.4 Å². The molecule has 1 unspecified atom stereocenters. The summed E-state index contributed by atoms with van der Waals surface area (Å²) in [7, 11) is -2.44. The van der Waals surface area contributed by atoms with Crippen LogP contribution in [0.1, 0.15) is 34.6 Å². The van der Waals surface area contributed by atoms with Crippen LogP contribution in [0, 0.1) is 5.41 Å². The van der Waals surface area contributed by atoms with Crippen molar-refractivity contribution in [2.45, 2.75) is 51.1 Å². The quantitative estimate of drug-likeness (QED) is 0.539. The number of benzene rings is 2. The number of alkyl halides is 3. The molecule has 2 N–H and O–H groups in total. The maximum Gasteiger partial charge on any atom is 0.490 e. The van der Waals surface area contributed by atoms with Crippen LogP contribution in [0.25, 0.3) is 0 Å². The molecule has 0 aliphatic carbocycles. The fraction of sp³-hybridized carbons (Fsp3) is 0.480. The molecule has 2 aromatic carbocycles. The number of rotatable bonds is 6. The molecule has 9 heteroatoms. The molecule has 0 spiro atoms. The van der Waals surface area contributed by atoms with Crippen LogP contribution in [0.2, 0.25) is 5.04 Å². The fourth-order valence-corrected chi connectivity index (χ4v) is 9.99. The summed E-state index contributed by atoms with van der Waals surface area (Å²) in [4.78, 5) is 8.90. The molecule has 0 bridgehead atoms. The summed E-state index contributed by atoms with van der Waals surface area (Å²) in [6.07, 6.45) is -5.08. The molecule has 1 aliphatic heterocycles. The van der Waals surface area contributed by atoms with Gasteiger partial charge in [0.15, 0.2) is 0 Å². The van der Waals surface area contributed by atoms with Crippen molar-refractivity contribution in [3.8, 4) is 0 Å². The van der Waals surface area contributed by atoms with Crippen LogP contribution in [-0.2, 0) is 9.22 Å². The molecule has 1 atom stereocenters. The predicted octanol–water partition coefficient (Wildman–Crippen LogP) is 4.89. The molecule has 1 heterocycles. The van der Waals surface area contributed by atoms with E-state index >= 15 is 0 Å². The van der Waals surface area contributed by atoms with Crippen molar-refractivity contribution < 1.29 is 27.5 Å². The molecule has 2 aromatic rings. The average molecular weight is 514 g/mol. The first-order valence-electron chi connectivity index (χ1n) is 11.1. The average Bonchev–Trinajstić information content (AvgIpc) is 3.30. The zero-order valence-corrected chi connectivity index (χ0v) is 22.1. The molecule has 0 saturated carbocycles. The van der Waals surface area contributed by atoms with E-state index in [1.54, 1.807) is 0 Å². The largest absolute Gasteiger partial charge is 0.490 e. The first kappa shape index (κ1) is 28.4. The molecule has 3 rings (SSSR count). The smallest absolute Gasteiger partial charge is 0.475 e. The highest BCUT2D eigenvalue weighted by Gasteiger charge is 2.51. The lowest BCUT2D eigenvalue weighted by Crippen LogP contribution is -2.67. The summed E-state index contributed by atoms with van der Waals surface area (Å²) < 4.78 is 38.9. The van der Waals surface area contributed by atoms with E-state index in [2.05, 4.69) is 101 Å². The molecular weight excluding hydrogens is 479 g/mol. The fourth-order valence-electron chi connectivity index (χ4n) is 4.06. The Bertz CT molecular complexity index is 873. The topological polar surface area (TPSA) is 58.6 Å². The Hall–Kier alpha value is -1.81. The third kappa shape index (κ3) is 6.87. The van der Waals surface area contributed by atoms with Crippen molar-refractivity contribution in [1.82, 2.24) is 5.32 Å². The van der Waals surface area contributed by atoms with Gasteiger partial charge in [0.2, 0.25) is 0 Å². The number of halogens is 3. The van der Waals surface area contributed by atoms with Crippen LogP contribution < -0.4 is 15.7 Å². The summed E-state index contributed by atoms with van der Waals surface area (Å²) in [6.45, 7) is 13.6. The second-order valence-electron chi connectivity index (χ2n) is 10.00. The molecular formula is C25H34F3NO3SSi. The lowest BCUT2D eigenvalue weighted by molar-refractivity contribution is -0.192. The second-order valence-corrected chi connectivity index (χ2v) is 15.5. The van der Waals surface area contributed by atoms with Gasteiger partial charge in [-0.25, -0.2) is 4.79 Å². The Labute approximate surface area is 205 Å². The van der Waals surface area contributed by atoms with Gasteiger partial charge >= 0.3 is 12.1 Å².